The molecular weight excluding hydrogens is 204 g/mol. The number of nitrogens with zero attached hydrogens (tertiary/aromatic N) is 2. The SMILES string of the molecule is CCCc1nn(C)c(NC2CC(O)C2)c1N. The molecule has 0 aliphatic heterocycles. The van der Waals surface area contributed by atoms with Crippen molar-refractivity contribution in [2.24, 2.45) is 7.05 Å². The Hall–Kier alpha value is -1.23. The van der Waals surface area contributed by atoms with Gasteiger partial charge in [-0.1, -0.05) is 13.3 Å². The number of rotatable bonds is 4. The quantitative estimate of drug-likeness (QED) is 0.710. The van der Waals surface area contributed by atoms with E-state index >= 15 is 0 Å². The summed E-state index contributed by atoms with van der Waals surface area (Å²) in [5.41, 5.74) is 7.76. The van der Waals surface area contributed by atoms with Crippen LogP contribution >= 0.6 is 0 Å². The molecule has 1 heterocycles. The zero-order valence-electron chi connectivity index (χ0n) is 9.90. The number of aryl methyl sites for hydroxylation is 2. The van der Waals surface area contributed by atoms with Crippen LogP contribution in [0.4, 0.5) is 11.5 Å². The predicted molar refractivity (Wildman–Crippen MR) is 64.3 cm³/mol. The van der Waals surface area contributed by atoms with Crippen LogP contribution in [0.15, 0.2) is 0 Å². The highest BCUT2D eigenvalue weighted by Crippen LogP contribution is 2.29. The van der Waals surface area contributed by atoms with Crippen LogP contribution in [-0.2, 0) is 13.5 Å². The molecule has 4 N–H and O–H groups in total. The second kappa shape index (κ2) is 4.33. The van der Waals surface area contributed by atoms with Gasteiger partial charge in [-0.05, 0) is 19.3 Å². The Labute approximate surface area is 95.6 Å². The van der Waals surface area contributed by atoms with E-state index in [0.717, 1.165) is 42.9 Å². The summed E-state index contributed by atoms with van der Waals surface area (Å²) in [6.07, 6.45) is 3.40. The van der Waals surface area contributed by atoms with Gasteiger partial charge in [0.15, 0.2) is 0 Å². The van der Waals surface area contributed by atoms with E-state index in [9.17, 15) is 5.11 Å². The molecule has 0 radical (unpaired) electrons. The van der Waals surface area contributed by atoms with Gasteiger partial charge in [-0.25, -0.2) is 0 Å². The lowest BCUT2D eigenvalue weighted by atomic mass is 9.89. The number of nitrogens with two attached hydrogens (primary N) is 1. The highest BCUT2D eigenvalue weighted by atomic mass is 16.3. The molecule has 16 heavy (non-hydrogen) atoms. The van der Waals surface area contributed by atoms with Crippen LogP contribution in [0.5, 0.6) is 0 Å². The Morgan fingerprint density at radius 3 is 2.81 bits per heavy atom. The van der Waals surface area contributed by atoms with Crippen molar-refractivity contribution < 1.29 is 5.11 Å². The molecule has 0 aromatic carbocycles. The number of aromatic nitrogens is 2. The first-order valence-corrected chi connectivity index (χ1v) is 5.87. The van der Waals surface area contributed by atoms with Crippen LogP contribution in [0.3, 0.4) is 0 Å². The maximum atomic E-state index is 9.23. The van der Waals surface area contributed by atoms with Gasteiger partial charge in [0.1, 0.15) is 5.82 Å². The van der Waals surface area contributed by atoms with Crippen LogP contribution in [0.25, 0.3) is 0 Å². The zero-order chi connectivity index (χ0) is 11.7. The average Bonchev–Trinajstić information content (AvgIpc) is 2.44. The van der Waals surface area contributed by atoms with Crippen LogP contribution in [0.2, 0.25) is 0 Å². The van der Waals surface area contributed by atoms with E-state index in [4.69, 9.17) is 5.73 Å². The Morgan fingerprint density at radius 1 is 1.56 bits per heavy atom. The number of aliphatic hydroxyl groups is 1. The summed E-state index contributed by atoms with van der Waals surface area (Å²) in [5, 5.41) is 17.0. The smallest absolute Gasteiger partial charge is 0.148 e. The zero-order valence-corrected chi connectivity index (χ0v) is 9.90. The lowest BCUT2D eigenvalue weighted by molar-refractivity contribution is 0.0834. The highest BCUT2D eigenvalue weighted by molar-refractivity contribution is 5.65. The van der Waals surface area contributed by atoms with Gasteiger partial charge in [-0.3, -0.25) is 4.68 Å². The molecule has 5 heteroatoms. The lowest BCUT2D eigenvalue weighted by Crippen LogP contribution is -2.39. The first-order chi connectivity index (χ1) is 7.61. The first kappa shape index (κ1) is 11.3. The van der Waals surface area contributed by atoms with E-state index in [-0.39, 0.29) is 6.10 Å². The molecule has 5 nitrogen and oxygen atoms in total. The molecule has 0 spiro atoms. The third kappa shape index (κ3) is 2.00. The van der Waals surface area contributed by atoms with Gasteiger partial charge in [-0.15, -0.1) is 0 Å². The highest BCUT2D eigenvalue weighted by Gasteiger charge is 2.28. The number of aliphatic hydroxyl groups excluding tert-OH is 1. The summed E-state index contributed by atoms with van der Waals surface area (Å²) in [6, 6.07) is 0.335. The van der Waals surface area contributed by atoms with E-state index in [1.807, 2.05) is 7.05 Å². The molecule has 0 saturated heterocycles. The van der Waals surface area contributed by atoms with Crippen molar-refractivity contribution in [3.63, 3.8) is 0 Å². The molecule has 0 unspecified atom stereocenters. The van der Waals surface area contributed by atoms with Gasteiger partial charge in [0.05, 0.1) is 17.5 Å². The summed E-state index contributed by atoms with van der Waals surface area (Å²) < 4.78 is 1.80. The standard InChI is InChI=1S/C11H20N4O/c1-3-4-9-10(12)11(15(2)14-9)13-7-5-8(16)6-7/h7-8,13,16H,3-6,12H2,1-2H3. The minimum atomic E-state index is -0.151. The maximum absolute atomic E-state index is 9.23. The van der Waals surface area contributed by atoms with Crippen molar-refractivity contribution in [2.75, 3.05) is 11.1 Å². The van der Waals surface area contributed by atoms with Crippen molar-refractivity contribution >= 4 is 11.5 Å². The van der Waals surface area contributed by atoms with Gasteiger partial charge in [0.25, 0.3) is 0 Å². The fraction of sp³-hybridized carbons (Fsp3) is 0.727. The van der Waals surface area contributed by atoms with E-state index in [1.165, 1.54) is 0 Å². The molecule has 1 aromatic rings. The minimum Gasteiger partial charge on any atom is -0.394 e. The third-order valence-corrected chi connectivity index (χ3v) is 3.10. The average molecular weight is 224 g/mol. The van der Waals surface area contributed by atoms with E-state index in [1.54, 1.807) is 4.68 Å². The first-order valence-electron chi connectivity index (χ1n) is 5.87. The van der Waals surface area contributed by atoms with Crippen LogP contribution in [0.1, 0.15) is 31.9 Å². The Morgan fingerprint density at radius 2 is 2.25 bits per heavy atom. The molecule has 1 fully saturated rings. The van der Waals surface area contributed by atoms with Crippen molar-refractivity contribution in [2.45, 2.75) is 44.8 Å². The number of hydrogen-bond acceptors (Lipinski definition) is 4. The molecule has 2 rings (SSSR count). The molecule has 1 saturated carbocycles. The summed E-state index contributed by atoms with van der Waals surface area (Å²) in [7, 11) is 1.90. The Bertz CT molecular complexity index is 368. The van der Waals surface area contributed by atoms with Crippen molar-refractivity contribution in [1.82, 2.24) is 9.78 Å². The molecule has 1 aromatic heterocycles. The molecule has 1 aliphatic carbocycles. The van der Waals surface area contributed by atoms with Gasteiger partial charge < -0.3 is 16.2 Å². The van der Waals surface area contributed by atoms with Gasteiger partial charge in [0, 0.05) is 13.1 Å². The van der Waals surface area contributed by atoms with Gasteiger partial charge >= 0.3 is 0 Å². The maximum Gasteiger partial charge on any atom is 0.148 e. The van der Waals surface area contributed by atoms with Crippen LogP contribution in [-0.4, -0.2) is 27.0 Å². The predicted octanol–water partition coefficient (Wildman–Crippen LogP) is 0.890. The second-order valence-corrected chi connectivity index (χ2v) is 4.55. The summed E-state index contributed by atoms with van der Waals surface area (Å²) >= 11 is 0. The normalized spacial score (nSPS) is 24.2. The molecule has 0 atom stereocenters. The van der Waals surface area contributed by atoms with Gasteiger partial charge in [-0.2, -0.15) is 5.10 Å². The lowest BCUT2D eigenvalue weighted by Gasteiger charge is -2.32. The Kier molecular flexibility index (Phi) is 3.05. The molecule has 0 bridgehead atoms. The third-order valence-electron chi connectivity index (χ3n) is 3.10. The van der Waals surface area contributed by atoms with E-state index in [0.29, 0.717) is 6.04 Å². The minimum absolute atomic E-state index is 0.151. The van der Waals surface area contributed by atoms with Crippen LogP contribution in [0, 0.1) is 0 Å². The molecule has 1 aliphatic rings. The number of hydrogen-bond donors (Lipinski definition) is 3. The Balaban J connectivity index is 2.08. The topological polar surface area (TPSA) is 76.1 Å². The molecular formula is C11H20N4O. The monoisotopic (exact) mass is 224 g/mol. The summed E-state index contributed by atoms with van der Waals surface area (Å²) in [4.78, 5) is 0. The summed E-state index contributed by atoms with van der Waals surface area (Å²) in [5.74, 6) is 0.889. The largest absolute Gasteiger partial charge is 0.394 e. The number of nitrogens with one attached hydrogen (secondary N) is 1. The van der Waals surface area contributed by atoms with E-state index in [2.05, 4.69) is 17.3 Å². The van der Waals surface area contributed by atoms with E-state index < -0.39 is 0 Å². The van der Waals surface area contributed by atoms with Crippen molar-refractivity contribution in [3.8, 4) is 0 Å². The fourth-order valence-electron chi connectivity index (χ4n) is 2.09. The molecule has 0 amide bonds. The van der Waals surface area contributed by atoms with Crippen LogP contribution < -0.4 is 11.1 Å². The van der Waals surface area contributed by atoms with Crippen molar-refractivity contribution in [1.29, 1.82) is 0 Å². The number of anilines is 2. The van der Waals surface area contributed by atoms with Crippen molar-refractivity contribution in [3.05, 3.63) is 5.69 Å². The summed E-state index contributed by atoms with van der Waals surface area (Å²) in [6.45, 7) is 2.11. The molecule has 90 valence electrons. The number of nitrogen functional groups attached to an aromatic ring is 1. The second-order valence-electron chi connectivity index (χ2n) is 4.55. The fourth-order valence-corrected chi connectivity index (χ4v) is 2.09. The van der Waals surface area contributed by atoms with Gasteiger partial charge in [0.2, 0.25) is 0 Å².